The molecule has 3 aromatic rings. The maximum atomic E-state index is 13.8. The van der Waals surface area contributed by atoms with Gasteiger partial charge in [-0.15, -0.1) is 0 Å². The summed E-state index contributed by atoms with van der Waals surface area (Å²) in [5.41, 5.74) is 0.909. The zero-order valence-electron chi connectivity index (χ0n) is 23.0. The van der Waals surface area contributed by atoms with Crippen LogP contribution in [-0.4, -0.2) is 49.3 Å². The minimum absolute atomic E-state index is 0.0633. The molecule has 1 saturated heterocycles. The van der Waals surface area contributed by atoms with Crippen LogP contribution in [0.4, 0.5) is 22.0 Å². The molecule has 0 bridgehead atoms. The van der Waals surface area contributed by atoms with Crippen molar-refractivity contribution in [2.75, 3.05) is 19.6 Å². The summed E-state index contributed by atoms with van der Waals surface area (Å²) in [4.78, 5) is 2.03. The molecule has 4 nitrogen and oxygen atoms in total. The summed E-state index contributed by atoms with van der Waals surface area (Å²) in [5.74, 6) is -0.304. The molecule has 0 N–H and O–H groups in total. The largest absolute Gasteiger partial charge is 0.416 e. The first-order chi connectivity index (χ1) is 20.0. The lowest BCUT2D eigenvalue weighted by Crippen LogP contribution is -2.45. The Labute approximate surface area is 243 Å². The second kappa shape index (κ2) is 11.4. The van der Waals surface area contributed by atoms with Gasteiger partial charge in [-0.3, -0.25) is 0 Å². The zero-order valence-corrected chi connectivity index (χ0v) is 23.8. The van der Waals surface area contributed by atoms with Crippen molar-refractivity contribution < 1.29 is 30.4 Å². The summed E-state index contributed by atoms with van der Waals surface area (Å²) in [6, 6.07) is 16.4. The van der Waals surface area contributed by atoms with Crippen molar-refractivity contribution in [3.63, 3.8) is 0 Å². The highest BCUT2D eigenvalue weighted by atomic mass is 32.2. The maximum absolute atomic E-state index is 13.8. The molecule has 3 fully saturated rings. The average Bonchev–Trinajstić information content (AvgIpc) is 3.59. The van der Waals surface area contributed by atoms with Crippen molar-refractivity contribution in [3.05, 3.63) is 101 Å². The van der Waals surface area contributed by atoms with Crippen LogP contribution in [0, 0.1) is 23.5 Å². The minimum Gasteiger partial charge on any atom is -0.303 e. The molecule has 0 unspecified atom stereocenters. The molecule has 224 valence electrons. The first-order valence-corrected chi connectivity index (χ1v) is 15.9. The van der Waals surface area contributed by atoms with Crippen LogP contribution in [0.15, 0.2) is 77.7 Å². The van der Waals surface area contributed by atoms with Gasteiger partial charge in [0.1, 0.15) is 11.6 Å². The van der Waals surface area contributed by atoms with Crippen LogP contribution in [0.3, 0.4) is 0 Å². The van der Waals surface area contributed by atoms with Gasteiger partial charge in [0.25, 0.3) is 0 Å². The molecule has 0 radical (unpaired) electrons. The van der Waals surface area contributed by atoms with E-state index in [0.717, 1.165) is 55.3 Å². The predicted octanol–water partition coefficient (Wildman–Crippen LogP) is 7.07. The third-order valence-electron chi connectivity index (χ3n) is 9.14. The number of nitrogens with zero attached hydrogens (tertiary/aromatic N) is 2. The first kappa shape index (κ1) is 29.3. The molecule has 0 spiro atoms. The van der Waals surface area contributed by atoms with E-state index < -0.39 is 21.8 Å². The van der Waals surface area contributed by atoms with Crippen molar-refractivity contribution in [1.82, 2.24) is 9.21 Å². The van der Waals surface area contributed by atoms with Crippen molar-refractivity contribution in [3.8, 4) is 0 Å². The number of sulfonamides is 1. The third-order valence-corrected chi connectivity index (χ3v) is 11.1. The van der Waals surface area contributed by atoms with Crippen LogP contribution in [0.2, 0.25) is 0 Å². The van der Waals surface area contributed by atoms with Gasteiger partial charge < -0.3 is 4.90 Å². The van der Waals surface area contributed by atoms with Gasteiger partial charge in [-0.2, -0.15) is 17.5 Å². The standard InChI is InChI=1S/C32H33F5N2O2S/c33-25-9-4-21(5-10-25)29(22-6-11-26(34)12-7-22)16-17-38-19-23-8-15-31(30(23)20-38)39(27-13-14-27)42(40,41)28-3-1-2-24(18-28)32(35,36)37/h1-7,9-12,18,23,27,29-31H,8,13-17,19-20H2/t23-,30-,31-/m1/s1. The van der Waals surface area contributed by atoms with Crippen LogP contribution < -0.4 is 0 Å². The van der Waals surface area contributed by atoms with Gasteiger partial charge in [-0.1, -0.05) is 30.3 Å². The molecule has 3 aromatic carbocycles. The highest BCUT2D eigenvalue weighted by Crippen LogP contribution is 2.47. The van der Waals surface area contributed by atoms with Crippen molar-refractivity contribution in [2.24, 2.45) is 11.8 Å². The molecule has 1 heterocycles. The van der Waals surface area contributed by atoms with E-state index in [1.165, 1.54) is 34.6 Å². The van der Waals surface area contributed by atoms with Crippen molar-refractivity contribution in [1.29, 1.82) is 0 Å². The Balaban J connectivity index is 1.19. The Morgan fingerprint density at radius 3 is 2.02 bits per heavy atom. The van der Waals surface area contributed by atoms with Gasteiger partial charge in [-0.25, -0.2) is 17.2 Å². The van der Waals surface area contributed by atoms with E-state index in [-0.39, 0.29) is 40.4 Å². The maximum Gasteiger partial charge on any atom is 0.416 e. The molecule has 2 aliphatic carbocycles. The highest BCUT2D eigenvalue weighted by molar-refractivity contribution is 7.89. The molecular weight excluding hydrogens is 571 g/mol. The average molecular weight is 605 g/mol. The number of benzene rings is 3. The fourth-order valence-electron chi connectivity index (χ4n) is 6.98. The Hall–Kier alpha value is -2.82. The highest BCUT2D eigenvalue weighted by Gasteiger charge is 2.52. The van der Waals surface area contributed by atoms with E-state index >= 15 is 0 Å². The quantitative estimate of drug-likeness (QED) is 0.246. The summed E-state index contributed by atoms with van der Waals surface area (Å²) in [7, 11) is -4.11. The van der Waals surface area contributed by atoms with Gasteiger partial charge >= 0.3 is 6.18 Å². The van der Waals surface area contributed by atoms with Crippen molar-refractivity contribution in [2.45, 2.75) is 61.2 Å². The fraction of sp³-hybridized carbons (Fsp3) is 0.438. The Morgan fingerprint density at radius 2 is 1.45 bits per heavy atom. The number of halogens is 5. The fourth-order valence-corrected chi connectivity index (χ4v) is 8.98. The lowest BCUT2D eigenvalue weighted by Gasteiger charge is -2.33. The molecule has 1 aliphatic heterocycles. The molecular formula is C32H33F5N2O2S. The van der Waals surface area contributed by atoms with Crippen LogP contribution >= 0.6 is 0 Å². The van der Waals surface area contributed by atoms with Crippen LogP contribution in [0.25, 0.3) is 0 Å². The third kappa shape index (κ3) is 5.98. The van der Waals surface area contributed by atoms with Gasteiger partial charge in [0, 0.05) is 31.1 Å². The second-order valence-corrected chi connectivity index (χ2v) is 13.7. The number of hydrogen-bond acceptors (Lipinski definition) is 3. The monoisotopic (exact) mass is 604 g/mol. The lowest BCUT2D eigenvalue weighted by atomic mass is 9.88. The van der Waals surface area contributed by atoms with E-state index in [1.807, 2.05) is 0 Å². The SMILES string of the molecule is O=S(=O)(c1cccc(C(F)(F)F)c1)N(C1CC1)[C@@H]1CC[C@@H]2CN(CCC(c3ccc(F)cc3)c3ccc(F)cc3)C[C@H]21. The van der Waals surface area contributed by atoms with Crippen LogP contribution in [0.5, 0.6) is 0 Å². The van der Waals surface area contributed by atoms with E-state index in [2.05, 4.69) is 4.90 Å². The van der Waals surface area contributed by atoms with Crippen LogP contribution in [0.1, 0.15) is 54.7 Å². The van der Waals surface area contributed by atoms with Crippen LogP contribution in [-0.2, 0) is 16.2 Å². The summed E-state index contributed by atoms with van der Waals surface area (Å²) < 4.78 is 96.6. The number of hydrogen-bond donors (Lipinski definition) is 0. The van der Waals surface area contributed by atoms with Gasteiger partial charge in [0.05, 0.1) is 10.5 Å². The molecule has 42 heavy (non-hydrogen) atoms. The van der Waals surface area contributed by atoms with Gasteiger partial charge in [-0.05, 0) is 104 Å². The Kier molecular flexibility index (Phi) is 7.91. The van der Waals surface area contributed by atoms with Gasteiger partial charge in [0.15, 0.2) is 0 Å². The number of likely N-dealkylation sites (tertiary alicyclic amines) is 1. The predicted molar refractivity (Wildman–Crippen MR) is 149 cm³/mol. The van der Waals surface area contributed by atoms with Gasteiger partial charge in [0.2, 0.25) is 10.0 Å². The molecule has 2 saturated carbocycles. The summed E-state index contributed by atoms with van der Waals surface area (Å²) in [6.45, 7) is 2.25. The first-order valence-electron chi connectivity index (χ1n) is 14.4. The minimum atomic E-state index is -4.62. The van der Waals surface area contributed by atoms with E-state index in [1.54, 1.807) is 24.3 Å². The number of rotatable bonds is 9. The second-order valence-electron chi connectivity index (χ2n) is 11.9. The molecule has 0 aromatic heterocycles. The smallest absolute Gasteiger partial charge is 0.303 e. The molecule has 3 atom stereocenters. The Bertz CT molecular complexity index is 1460. The molecule has 3 aliphatic rings. The molecule has 10 heteroatoms. The van der Waals surface area contributed by atoms with E-state index in [4.69, 9.17) is 0 Å². The normalized spacial score (nSPS) is 23.2. The zero-order chi connectivity index (χ0) is 29.6. The summed E-state index contributed by atoms with van der Waals surface area (Å²) >= 11 is 0. The molecule has 6 rings (SSSR count). The number of fused-ring (bicyclic) bond motifs is 1. The summed E-state index contributed by atoms with van der Waals surface area (Å²) in [6.07, 6.45) is -0.909. The van der Waals surface area contributed by atoms with Crippen molar-refractivity contribution >= 4 is 10.0 Å². The summed E-state index contributed by atoms with van der Waals surface area (Å²) in [5, 5.41) is 0. The Morgan fingerprint density at radius 1 is 0.833 bits per heavy atom. The topological polar surface area (TPSA) is 40.6 Å². The number of alkyl halides is 3. The van der Waals surface area contributed by atoms with E-state index in [0.29, 0.717) is 31.7 Å². The molecule has 0 amide bonds. The lowest BCUT2D eigenvalue weighted by molar-refractivity contribution is -0.137. The van der Waals surface area contributed by atoms with E-state index in [9.17, 15) is 30.4 Å².